The van der Waals surface area contributed by atoms with Gasteiger partial charge in [0.25, 0.3) is 0 Å². The summed E-state index contributed by atoms with van der Waals surface area (Å²) in [6.45, 7) is 9.41. The lowest BCUT2D eigenvalue weighted by Crippen LogP contribution is -2.54. The molecule has 9 heteroatoms. The number of rotatable bonds is 11. The van der Waals surface area contributed by atoms with Gasteiger partial charge < -0.3 is 26.0 Å². The van der Waals surface area contributed by atoms with Crippen molar-refractivity contribution in [2.45, 2.75) is 84.2 Å². The number of amides is 4. The molecule has 2 aromatic rings. The van der Waals surface area contributed by atoms with Gasteiger partial charge in [0.05, 0.1) is 0 Å². The van der Waals surface area contributed by atoms with Crippen molar-refractivity contribution in [3.05, 3.63) is 71.3 Å². The quantitative estimate of drug-likeness (QED) is 0.403. The Morgan fingerprint density at radius 1 is 1.05 bits per heavy atom. The molecule has 4 N–H and O–H groups in total. The third-order valence-corrected chi connectivity index (χ3v) is 6.58. The molecule has 0 bridgehead atoms. The first kappa shape index (κ1) is 29.7. The van der Waals surface area contributed by atoms with Crippen molar-refractivity contribution < 1.29 is 23.9 Å². The van der Waals surface area contributed by atoms with Crippen molar-refractivity contribution in [1.29, 1.82) is 0 Å². The Labute approximate surface area is 230 Å². The fourth-order valence-corrected chi connectivity index (χ4v) is 4.41. The van der Waals surface area contributed by atoms with Crippen molar-refractivity contribution in [3.8, 4) is 0 Å². The number of ether oxygens (including phenoxy) is 1. The molecule has 1 aliphatic carbocycles. The molecular formula is C30H40N4O5. The summed E-state index contributed by atoms with van der Waals surface area (Å²) in [6, 6.07) is 14.8. The smallest absolute Gasteiger partial charge is 0.408 e. The summed E-state index contributed by atoms with van der Waals surface area (Å²) < 4.78 is 5.38. The van der Waals surface area contributed by atoms with Crippen LogP contribution in [0.4, 0.5) is 4.79 Å². The predicted molar refractivity (Wildman–Crippen MR) is 148 cm³/mol. The van der Waals surface area contributed by atoms with Crippen molar-refractivity contribution >= 4 is 23.8 Å². The highest BCUT2D eigenvalue weighted by Crippen LogP contribution is 2.41. The number of nitrogens with two attached hydrogens (primary N) is 1. The number of alkyl carbamates (subject to hydrolysis) is 1. The van der Waals surface area contributed by atoms with Crippen LogP contribution in [-0.2, 0) is 25.7 Å². The molecule has 3 rings (SSSR count). The summed E-state index contributed by atoms with van der Waals surface area (Å²) in [4.78, 5) is 53.8. The molecular weight excluding hydrogens is 496 g/mol. The third-order valence-electron chi connectivity index (χ3n) is 6.58. The van der Waals surface area contributed by atoms with Gasteiger partial charge in [-0.1, -0.05) is 67.1 Å². The Balaban J connectivity index is 1.96. The Hall–Kier alpha value is -3.88. The minimum atomic E-state index is -1.10. The van der Waals surface area contributed by atoms with E-state index in [1.165, 1.54) is 0 Å². The average Bonchev–Trinajstić information content (AvgIpc) is 3.59. The summed E-state index contributed by atoms with van der Waals surface area (Å²) in [5, 5.41) is 5.61. The first-order valence-corrected chi connectivity index (χ1v) is 13.3. The van der Waals surface area contributed by atoms with E-state index in [9.17, 15) is 19.2 Å². The molecule has 4 amide bonds. The molecule has 0 heterocycles. The number of benzene rings is 2. The maximum Gasteiger partial charge on any atom is 0.408 e. The van der Waals surface area contributed by atoms with Crippen molar-refractivity contribution in [2.24, 2.45) is 11.7 Å². The van der Waals surface area contributed by atoms with Crippen LogP contribution in [0.3, 0.4) is 0 Å². The highest BCUT2D eigenvalue weighted by atomic mass is 16.6. The molecule has 2 aromatic carbocycles. The lowest BCUT2D eigenvalue weighted by atomic mass is 10.00. The van der Waals surface area contributed by atoms with Gasteiger partial charge in [-0.15, -0.1) is 0 Å². The Morgan fingerprint density at radius 2 is 1.67 bits per heavy atom. The summed E-state index contributed by atoms with van der Waals surface area (Å²) in [5.41, 5.74) is 7.20. The fourth-order valence-electron chi connectivity index (χ4n) is 4.41. The monoisotopic (exact) mass is 536 g/mol. The maximum atomic E-state index is 14.2. The number of nitrogens with zero attached hydrogens (tertiary/aromatic N) is 1. The summed E-state index contributed by atoms with van der Waals surface area (Å²) in [7, 11) is 0. The summed E-state index contributed by atoms with van der Waals surface area (Å²) in [5.74, 6) is -1.22. The highest BCUT2D eigenvalue weighted by molar-refractivity contribution is 5.93. The number of hydrogen-bond acceptors (Lipinski definition) is 5. The molecule has 39 heavy (non-hydrogen) atoms. The second-order valence-electron chi connectivity index (χ2n) is 11.2. The van der Waals surface area contributed by atoms with Crippen LogP contribution in [0.25, 0.3) is 0 Å². The largest absolute Gasteiger partial charge is 0.444 e. The number of carbonyl (C=O) groups is 4. The molecule has 1 aliphatic rings. The number of nitrogens with one attached hydrogen (secondary N) is 2. The van der Waals surface area contributed by atoms with Gasteiger partial charge in [0, 0.05) is 19.0 Å². The average molecular weight is 537 g/mol. The number of hydrogen-bond donors (Lipinski definition) is 3. The zero-order valence-electron chi connectivity index (χ0n) is 23.4. The maximum absolute atomic E-state index is 14.2. The van der Waals surface area contributed by atoms with E-state index in [-0.39, 0.29) is 30.7 Å². The number of carbonyl (C=O) groups excluding carboxylic acids is 4. The van der Waals surface area contributed by atoms with Gasteiger partial charge >= 0.3 is 6.09 Å². The predicted octanol–water partition coefficient (Wildman–Crippen LogP) is 3.75. The second-order valence-corrected chi connectivity index (χ2v) is 11.2. The minimum absolute atomic E-state index is 0.0166. The summed E-state index contributed by atoms with van der Waals surface area (Å²) >= 11 is 0. The van der Waals surface area contributed by atoms with E-state index in [4.69, 9.17) is 10.5 Å². The van der Waals surface area contributed by atoms with Crippen molar-refractivity contribution in [2.75, 3.05) is 0 Å². The molecule has 4 atom stereocenters. The van der Waals surface area contributed by atoms with Crippen molar-refractivity contribution in [3.63, 3.8) is 0 Å². The summed E-state index contributed by atoms with van der Waals surface area (Å²) in [6.07, 6.45) is -0.198. The van der Waals surface area contributed by atoms with Crippen LogP contribution in [0, 0.1) is 12.8 Å². The molecule has 1 fully saturated rings. The number of aryl methyl sites for hydroxylation is 1. The van der Waals surface area contributed by atoms with Crippen LogP contribution >= 0.6 is 0 Å². The molecule has 0 radical (unpaired) electrons. The van der Waals surface area contributed by atoms with E-state index < -0.39 is 35.6 Å². The van der Waals surface area contributed by atoms with E-state index >= 15 is 0 Å². The lowest BCUT2D eigenvalue weighted by molar-refractivity contribution is -0.143. The topological polar surface area (TPSA) is 131 Å². The van der Waals surface area contributed by atoms with Crippen LogP contribution < -0.4 is 16.4 Å². The van der Waals surface area contributed by atoms with Crippen LogP contribution in [-0.4, -0.2) is 46.4 Å². The molecule has 0 aliphatic heterocycles. The van der Waals surface area contributed by atoms with Crippen LogP contribution in [0.5, 0.6) is 0 Å². The molecule has 0 saturated heterocycles. The van der Waals surface area contributed by atoms with Crippen molar-refractivity contribution in [1.82, 2.24) is 15.5 Å². The Morgan fingerprint density at radius 3 is 2.21 bits per heavy atom. The molecule has 4 unspecified atom stereocenters. The van der Waals surface area contributed by atoms with E-state index in [1.54, 1.807) is 25.7 Å². The normalized spacial score (nSPS) is 17.9. The van der Waals surface area contributed by atoms with Gasteiger partial charge in [-0.3, -0.25) is 14.4 Å². The third kappa shape index (κ3) is 8.84. The standard InChI is InChI=1S/C30H40N4O5/c1-19-11-13-22(14-12-19)26(27(36)32-18-21-9-7-6-8-10-21)34(24-17-20(24)2)28(37)23(15-16-25(31)35)33-29(38)39-30(3,4)5/h6-14,20,23-24,26H,15-18H2,1-5H3,(H2,31,35)(H,32,36)(H,33,38). The second kappa shape index (κ2) is 12.8. The molecule has 0 spiro atoms. The van der Waals surface area contributed by atoms with Gasteiger partial charge in [0.1, 0.15) is 17.7 Å². The molecule has 0 aromatic heterocycles. The van der Waals surface area contributed by atoms with Crippen LogP contribution in [0.15, 0.2) is 54.6 Å². The van der Waals surface area contributed by atoms with Gasteiger partial charge in [-0.05, 0) is 57.6 Å². The zero-order chi connectivity index (χ0) is 28.7. The lowest BCUT2D eigenvalue weighted by Gasteiger charge is -2.35. The van der Waals surface area contributed by atoms with E-state index in [1.807, 2.05) is 68.4 Å². The van der Waals surface area contributed by atoms with E-state index in [0.717, 1.165) is 17.5 Å². The fraction of sp³-hybridized carbons (Fsp3) is 0.467. The number of primary amides is 1. The van der Waals surface area contributed by atoms with Crippen LogP contribution in [0.1, 0.15) is 69.7 Å². The Bertz CT molecular complexity index is 1160. The van der Waals surface area contributed by atoms with Gasteiger partial charge in [0.2, 0.25) is 17.7 Å². The van der Waals surface area contributed by atoms with Crippen LogP contribution in [0.2, 0.25) is 0 Å². The first-order valence-electron chi connectivity index (χ1n) is 13.3. The van der Waals surface area contributed by atoms with E-state index in [2.05, 4.69) is 10.6 Å². The minimum Gasteiger partial charge on any atom is -0.444 e. The van der Waals surface area contributed by atoms with Gasteiger partial charge in [-0.2, -0.15) is 0 Å². The Kier molecular flexibility index (Phi) is 9.72. The zero-order valence-corrected chi connectivity index (χ0v) is 23.4. The SMILES string of the molecule is Cc1ccc(C(C(=O)NCc2ccccc2)N(C(=O)C(CCC(N)=O)NC(=O)OC(C)(C)C)C2CC2C)cc1. The van der Waals surface area contributed by atoms with Gasteiger partial charge in [-0.25, -0.2) is 4.79 Å². The van der Waals surface area contributed by atoms with Gasteiger partial charge in [0.15, 0.2) is 0 Å². The van der Waals surface area contributed by atoms with E-state index in [0.29, 0.717) is 12.1 Å². The highest BCUT2D eigenvalue weighted by Gasteiger charge is 2.48. The molecule has 1 saturated carbocycles. The first-order chi connectivity index (χ1) is 18.4. The molecule has 9 nitrogen and oxygen atoms in total. The molecule has 210 valence electrons.